The van der Waals surface area contributed by atoms with Gasteiger partial charge in [0.2, 0.25) is 6.41 Å². The summed E-state index contributed by atoms with van der Waals surface area (Å²) in [5.41, 5.74) is 3.24. The van der Waals surface area contributed by atoms with Crippen molar-refractivity contribution in [3.8, 4) is 11.5 Å². The molecule has 0 radical (unpaired) electrons. The topological polar surface area (TPSA) is 77.8 Å². The van der Waals surface area contributed by atoms with Crippen LogP contribution in [0, 0.1) is 0 Å². The second-order valence-corrected chi connectivity index (χ2v) is 5.98. The summed E-state index contributed by atoms with van der Waals surface area (Å²) in [6.07, 6.45) is 4.00. The molecule has 1 aromatic carbocycles. The van der Waals surface area contributed by atoms with Gasteiger partial charge in [0.05, 0.1) is 6.04 Å². The van der Waals surface area contributed by atoms with Crippen molar-refractivity contribution >= 4 is 12.2 Å². The Morgan fingerprint density at radius 1 is 1.18 bits per heavy atom. The molecule has 0 spiro atoms. The number of amides is 1. The number of carbonyl (C=O) groups excluding carboxylic acids is 2. The maximum Gasteiger partial charge on any atom is 0.210 e. The standard InChI is InChI=1S/C17H19NO4/c19-10-18-6-5-12-9-13(20)2-3-14(12)15(18)7-11-1-4-16(21)17(22)8-11/h1,4,8,10,15,21-22H,2-3,5-7,9H2. The highest BCUT2D eigenvalue weighted by Gasteiger charge is 2.32. The van der Waals surface area contributed by atoms with Crippen LogP contribution in [-0.4, -0.2) is 39.9 Å². The van der Waals surface area contributed by atoms with E-state index in [-0.39, 0.29) is 23.3 Å². The van der Waals surface area contributed by atoms with Gasteiger partial charge in [-0.2, -0.15) is 0 Å². The minimum absolute atomic E-state index is 0.0571. The highest BCUT2D eigenvalue weighted by molar-refractivity contribution is 5.83. The average Bonchev–Trinajstić information content (AvgIpc) is 2.51. The van der Waals surface area contributed by atoms with Gasteiger partial charge in [0.25, 0.3) is 0 Å². The molecule has 1 amide bonds. The zero-order chi connectivity index (χ0) is 15.7. The third-order valence-corrected chi connectivity index (χ3v) is 4.62. The van der Waals surface area contributed by atoms with E-state index in [1.165, 1.54) is 23.3 Å². The largest absolute Gasteiger partial charge is 0.504 e. The van der Waals surface area contributed by atoms with Crippen molar-refractivity contribution in [2.24, 2.45) is 0 Å². The van der Waals surface area contributed by atoms with Crippen molar-refractivity contribution in [1.29, 1.82) is 0 Å². The maximum atomic E-state index is 11.6. The number of phenolic OH excluding ortho intramolecular Hbond substituents is 2. The lowest BCUT2D eigenvalue weighted by Gasteiger charge is -2.38. The van der Waals surface area contributed by atoms with Crippen molar-refractivity contribution in [2.75, 3.05) is 6.54 Å². The van der Waals surface area contributed by atoms with E-state index in [4.69, 9.17) is 0 Å². The Kier molecular flexibility index (Phi) is 3.88. The lowest BCUT2D eigenvalue weighted by molar-refractivity contribution is -0.120. The number of carbonyl (C=O) groups is 2. The molecule has 22 heavy (non-hydrogen) atoms. The lowest BCUT2D eigenvalue weighted by atomic mass is 9.80. The van der Waals surface area contributed by atoms with Crippen LogP contribution in [0.3, 0.4) is 0 Å². The number of hydrogen-bond acceptors (Lipinski definition) is 4. The molecule has 116 valence electrons. The van der Waals surface area contributed by atoms with Crippen LogP contribution < -0.4 is 0 Å². The third-order valence-electron chi connectivity index (χ3n) is 4.62. The molecule has 0 aromatic heterocycles. The lowest BCUT2D eigenvalue weighted by Crippen LogP contribution is -2.43. The molecule has 3 rings (SSSR count). The fraction of sp³-hybridized carbons (Fsp3) is 0.412. The number of ketones is 1. The summed E-state index contributed by atoms with van der Waals surface area (Å²) in [4.78, 5) is 24.8. The van der Waals surface area contributed by atoms with Gasteiger partial charge in [0.15, 0.2) is 11.5 Å². The van der Waals surface area contributed by atoms with Crippen LogP contribution in [0.5, 0.6) is 11.5 Å². The molecule has 5 nitrogen and oxygen atoms in total. The molecule has 2 N–H and O–H groups in total. The molecule has 1 heterocycles. The molecule has 0 saturated carbocycles. The summed E-state index contributed by atoms with van der Waals surface area (Å²) in [5.74, 6) is -0.0267. The molecule has 0 fully saturated rings. The van der Waals surface area contributed by atoms with Gasteiger partial charge >= 0.3 is 0 Å². The van der Waals surface area contributed by atoms with Crippen LogP contribution in [0.4, 0.5) is 0 Å². The molecular weight excluding hydrogens is 282 g/mol. The number of rotatable bonds is 3. The van der Waals surface area contributed by atoms with Gasteiger partial charge in [-0.05, 0) is 42.5 Å². The van der Waals surface area contributed by atoms with Crippen LogP contribution in [0.2, 0.25) is 0 Å². The summed E-state index contributed by atoms with van der Waals surface area (Å²) in [5, 5.41) is 19.0. The SMILES string of the molecule is O=CN1CCC2=C(CCC(=O)C2)C1Cc1ccc(O)c(O)c1. The van der Waals surface area contributed by atoms with E-state index >= 15 is 0 Å². The minimum atomic E-state index is -0.154. The average molecular weight is 301 g/mol. The monoisotopic (exact) mass is 301 g/mol. The molecule has 1 aliphatic carbocycles. The van der Waals surface area contributed by atoms with Crippen molar-refractivity contribution in [3.63, 3.8) is 0 Å². The fourth-order valence-corrected chi connectivity index (χ4v) is 3.45. The summed E-state index contributed by atoms with van der Waals surface area (Å²) >= 11 is 0. The number of nitrogens with zero attached hydrogens (tertiary/aromatic N) is 1. The molecule has 0 bridgehead atoms. The molecular formula is C17H19NO4. The quantitative estimate of drug-likeness (QED) is 0.508. The van der Waals surface area contributed by atoms with Crippen LogP contribution in [-0.2, 0) is 16.0 Å². The van der Waals surface area contributed by atoms with Gasteiger partial charge in [-0.15, -0.1) is 0 Å². The normalized spacial score (nSPS) is 21.7. The maximum absolute atomic E-state index is 11.6. The molecule has 1 aromatic rings. The highest BCUT2D eigenvalue weighted by atomic mass is 16.3. The van der Waals surface area contributed by atoms with E-state index in [1.807, 2.05) is 0 Å². The van der Waals surface area contributed by atoms with E-state index in [0.717, 1.165) is 18.4 Å². The first kappa shape index (κ1) is 14.6. The molecule has 5 heteroatoms. The Labute approximate surface area is 128 Å². The molecule has 2 aliphatic rings. The van der Waals surface area contributed by atoms with E-state index in [9.17, 15) is 19.8 Å². The first-order valence-electron chi connectivity index (χ1n) is 7.53. The molecule has 0 saturated heterocycles. The minimum Gasteiger partial charge on any atom is -0.504 e. The van der Waals surface area contributed by atoms with Gasteiger partial charge in [0, 0.05) is 19.4 Å². The van der Waals surface area contributed by atoms with Gasteiger partial charge in [-0.1, -0.05) is 11.6 Å². The fourth-order valence-electron chi connectivity index (χ4n) is 3.45. The van der Waals surface area contributed by atoms with E-state index in [0.29, 0.717) is 32.2 Å². The predicted molar refractivity (Wildman–Crippen MR) is 80.5 cm³/mol. The van der Waals surface area contributed by atoms with Gasteiger partial charge in [-0.25, -0.2) is 0 Å². The second kappa shape index (κ2) is 5.83. The zero-order valence-corrected chi connectivity index (χ0v) is 12.3. The predicted octanol–water partition coefficient (Wildman–Crippen LogP) is 1.92. The van der Waals surface area contributed by atoms with Crippen LogP contribution in [0.1, 0.15) is 31.2 Å². The highest BCUT2D eigenvalue weighted by Crippen LogP contribution is 2.35. The van der Waals surface area contributed by atoms with Crippen molar-refractivity contribution in [1.82, 2.24) is 4.90 Å². The van der Waals surface area contributed by atoms with Crippen LogP contribution >= 0.6 is 0 Å². The van der Waals surface area contributed by atoms with Gasteiger partial charge in [-0.3, -0.25) is 9.59 Å². The van der Waals surface area contributed by atoms with Crippen molar-refractivity contribution in [3.05, 3.63) is 34.9 Å². The van der Waals surface area contributed by atoms with Gasteiger partial charge in [0.1, 0.15) is 5.78 Å². The molecule has 1 atom stereocenters. The Morgan fingerprint density at radius 2 is 2.00 bits per heavy atom. The Bertz CT molecular complexity index is 650. The second-order valence-electron chi connectivity index (χ2n) is 5.98. The smallest absolute Gasteiger partial charge is 0.210 e. The van der Waals surface area contributed by atoms with E-state index < -0.39 is 0 Å². The number of hydrogen-bond donors (Lipinski definition) is 2. The number of Topliss-reactive ketones (excluding diaryl/α,β-unsaturated/α-hetero) is 1. The number of phenols is 2. The zero-order valence-electron chi connectivity index (χ0n) is 12.3. The van der Waals surface area contributed by atoms with E-state index in [1.54, 1.807) is 11.0 Å². The molecule has 1 unspecified atom stereocenters. The van der Waals surface area contributed by atoms with Crippen LogP contribution in [0.25, 0.3) is 0 Å². The summed E-state index contributed by atoms with van der Waals surface area (Å²) < 4.78 is 0. The van der Waals surface area contributed by atoms with Gasteiger partial charge < -0.3 is 15.1 Å². The first-order valence-corrected chi connectivity index (χ1v) is 7.53. The van der Waals surface area contributed by atoms with Crippen molar-refractivity contribution < 1.29 is 19.8 Å². The molecule has 1 aliphatic heterocycles. The number of aromatic hydroxyl groups is 2. The summed E-state index contributed by atoms with van der Waals surface area (Å²) in [7, 11) is 0. The Balaban J connectivity index is 1.90. The first-order chi connectivity index (χ1) is 10.6. The third kappa shape index (κ3) is 2.71. The Morgan fingerprint density at radius 3 is 2.73 bits per heavy atom. The van der Waals surface area contributed by atoms with Crippen molar-refractivity contribution in [2.45, 2.75) is 38.1 Å². The summed E-state index contributed by atoms with van der Waals surface area (Å²) in [6, 6.07) is 4.68. The number of benzene rings is 1. The van der Waals surface area contributed by atoms with E-state index in [2.05, 4.69) is 0 Å². The summed E-state index contributed by atoms with van der Waals surface area (Å²) in [6.45, 7) is 0.629. The Hall–Kier alpha value is -2.30. The van der Waals surface area contributed by atoms with Crippen LogP contribution in [0.15, 0.2) is 29.3 Å².